The van der Waals surface area contributed by atoms with Crippen LogP contribution in [0.3, 0.4) is 0 Å². The summed E-state index contributed by atoms with van der Waals surface area (Å²) in [4.78, 5) is 15.5. The van der Waals surface area contributed by atoms with Crippen LogP contribution in [0.1, 0.15) is 46.5 Å². The standard InChI is InChI=1S/C8H18Si.C4H10.2CHO.2CH3.Mo/c1-9(2,3)8-6-4-5-7-8;1-4(2)3;2*1-2;;;/h8H,4-7H2,1-3H3;4H,1-3H3;2*1H;2*1H3;/q;;4*-1;+4. The molecular weight excluding hydrogens is 348 g/mol. The first-order valence-corrected chi connectivity index (χ1v) is 9.89. The van der Waals surface area contributed by atoms with Crippen molar-refractivity contribution in [3.8, 4) is 0 Å². The first-order chi connectivity index (χ1) is 7.84. The number of carbonyl (C=O) groups excluding carboxylic acids is 2. The molecule has 4 heteroatoms. The molecular formula is C16H36MoO2Si. The molecule has 0 N–H and O–H groups in total. The first-order valence-electron chi connectivity index (χ1n) is 6.31. The zero-order chi connectivity index (χ0) is 14.5. The zero-order valence-electron chi connectivity index (χ0n) is 14.9. The summed E-state index contributed by atoms with van der Waals surface area (Å²) in [6.45, 7) is 20.5. The van der Waals surface area contributed by atoms with Gasteiger partial charge in [-0.2, -0.15) is 0 Å². The van der Waals surface area contributed by atoms with Crippen LogP contribution in [-0.4, -0.2) is 21.7 Å². The maximum Gasteiger partial charge on any atom is 4.00 e. The summed E-state index contributed by atoms with van der Waals surface area (Å²) in [5.41, 5.74) is 1.15. The molecule has 20 heavy (non-hydrogen) atoms. The van der Waals surface area contributed by atoms with Gasteiger partial charge in [-0.15, -0.1) is 0 Å². The molecule has 1 aliphatic carbocycles. The Kier molecular flexibility index (Phi) is 44.9. The summed E-state index contributed by atoms with van der Waals surface area (Å²) in [5.74, 6) is 0.833. The fourth-order valence-corrected chi connectivity index (χ4v) is 3.93. The van der Waals surface area contributed by atoms with Crippen molar-refractivity contribution in [1.29, 1.82) is 0 Å². The summed E-state index contributed by atoms with van der Waals surface area (Å²) in [5, 5.41) is 0. The molecule has 0 aromatic carbocycles. The van der Waals surface area contributed by atoms with Gasteiger partial charge in [0.15, 0.2) is 0 Å². The second kappa shape index (κ2) is 24.3. The van der Waals surface area contributed by atoms with Crippen LogP contribution in [0.5, 0.6) is 0 Å². The molecule has 0 saturated heterocycles. The van der Waals surface area contributed by atoms with Gasteiger partial charge in [0, 0.05) is 8.07 Å². The monoisotopic (exact) mass is 386 g/mol. The summed E-state index contributed by atoms with van der Waals surface area (Å²) in [7, 11) is -0.724. The van der Waals surface area contributed by atoms with Gasteiger partial charge in [0.25, 0.3) is 0 Å². The quantitative estimate of drug-likeness (QED) is 0.350. The fourth-order valence-electron chi connectivity index (χ4n) is 1.79. The molecule has 0 bridgehead atoms. The Hall–Kier alpha value is 0.245. The van der Waals surface area contributed by atoms with E-state index in [4.69, 9.17) is 9.59 Å². The molecule has 1 rings (SSSR count). The molecule has 0 aromatic heterocycles. The van der Waals surface area contributed by atoms with Crippen molar-refractivity contribution in [2.45, 2.75) is 71.6 Å². The number of hydrogen-bond acceptors (Lipinski definition) is 2. The van der Waals surface area contributed by atoms with Crippen LogP contribution in [0.25, 0.3) is 0 Å². The van der Waals surface area contributed by atoms with Crippen LogP contribution in [0.4, 0.5) is 0 Å². The van der Waals surface area contributed by atoms with Gasteiger partial charge in [-0.3, -0.25) is 13.6 Å². The Balaban J connectivity index is -0.0000000391. The second-order valence-corrected chi connectivity index (χ2v) is 11.6. The third kappa shape index (κ3) is 30.9. The average Bonchev–Trinajstić information content (AvgIpc) is 2.75. The van der Waals surface area contributed by atoms with E-state index in [0.29, 0.717) is 0 Å². The fraction of sp³-hybridized carbons (Fsp3) is 0.750. The van der Waals surface area contributed by atoms with Gasteiger partial charge in [0.1, 0.15) is 0 Å². The van der Waals surface area contributed by atoms with Crippen LogP contribution >= 0.6 is 0 Å². The zero-order valence-corrected chi connectivity index (χ0v) is 17.9. The van der Waals surface area contributed by atoms with Gasteiger partial charge in [-0.1, -0.05) is 66.1 Å². The van der Waals surface area contributed by atoms with Crippen molar-refractivity contribution >= 4 is 21.7 Å². The molecule has 0 aromatic rings. The molecule has 0 unspecified atom stereocenters. The molecule has 1 aliphatic rings. The van der Waals surface area contributed by atoms with Crippen LogP contribution in [0, 0.1) is 20.8 Å². The molecule has 0 heterocycles. The minimum atomic E-state index is -0.724. The van der Waals surface area contributed by atoms with Crippen molar-refractivity contribution in [3.63, 3.8) is 0 Å². The summed E-state index contributed by atoms with van der Waals surface area (Å²) >= 11 is 0. The minimum Gasteiger partial charge on any atom is -0.545 e. The molecule has 0 atom stereocenters. The third-order valence-corrected chi connectivity index (χ3v) is 5.61. The normalized spacial score (nSPS) is 12.6. The van der Waals surface area contributed by atoms with Crippen molar-refractivity contribution < 1.29 is 30.7 Å². The van der Waals surface area contributed by atoms with E-state index in [2.05, 4.69) is 54.0 Å². The van der Waals surface area contributed by atoms with Crippen molar-refractivity contribution in [3.05, 3.63) is 14.9 Å². The Labute approximate surface area is 144 Å². The molecule has 2 nitrogen and oxygen atoms in total. The predicted octanol–water partition coefficient (Wildman–Crippen LogP) is 5.28. The van der Waals surface area contributed by atoms with E-state index >= 15 is 0 Å². The Morgan fingerprint density at radius 2 is 1.05 bits per heavy atom. The molecule has 0 amide bonds. The van der Waals surface area contributed by atoms with Crippen LogP contribution in [0.2, 0.25) is 25.2 Å². The van der Waals surface area contributed by atoms with Crippen LogP contribution < -0.4 is 0 Å². The van der Waals surface area contributed by atoms with Gasteiger partial charge in [-0.25, -0.2) is 0 Å². The average molecular weight is 384 g/mol. The van der Waals surface area contributed by atoms with E-state index in [9.17, 15) is 0 Å². The Morgan fingerprint density at radius 1 is 0.850 bits per heavy atom. The summed E-state index contributed by atoms with van der Waals surface area (Å²) in [6.07, 6.45) is 6.09. The molecule has 0 aliphatic heterocycles. The summed E-state index contributed by atoms with van der Waals surface area (Å²) < 4.78 is 0. The van der Waals surface area contributed by atoms with Crippen molar-refractivity contribution in [2.24, 2.45) is 5.92 Å². The minimum absolute atomic E-state index is 0. The summed E-state index contributed by atoms with van der Waals surface area (Å²) in [6, 6.07) is 0. The predicted molar refractivity (Wildman–Crippen MR) is 92.4 cm³/mol. The van der Waals surface area contributed by atoms with E-state index in [1.807, 2.05) is 0 Å². The SMILES string of the molecule is CC(C)C.C[Si](C)(C)C1CCCC1.[CH-]=O.[CH-]=O.[CH3-].[CH3-].[Mo+4]. The maximum atomic E-state index is 7.75. The van der Waals surface area contributed by atoms with Gasteiger partial charge in [0.2, 0.25) is 0 Å². The molecule has 1 fully saturated rings. The van der Waals surface area contributed by atoms with Gasteiger partial charge < -0.3 is 24.4 Å². The van der Waals surface area contributed by atoms with E-state index in [-0.39, 0.29) is 35.9 Å². The molecule has 1 saturated carbocycles. The largest absolute Gasteiger partial charge is 4.00 e. The molecule has 122 valence electrons. The smallest absolute Gasteiger partial charge is 0.545 e. The number of hydrogen-bond donors (Lipinski definition) is 0. The molecule has 0 radical (unpaired) electrons. The Bertz CT molecular complexity index is 148. The number of rotatable bonds is 1. The van der Waals surface area contributed by atoms with Crippen molar-refractivity contribution in [2.75, 3.05) is 0 Å². The van der Waals surface area contributed by atoms with Crippen LogP contribution in [-0.2, 0) is 30.7 Å². The van der Waals surface area contributed by atoms with E-state index in [1.165, 1.54) is 25.7 Å². The third-order valence-electron chi connectivity index (χ3n) is 2.58. The van der Waals surface area contributed by atoms with Gasteiger partial charge in [-0.05, 0) is 11.5 Å². The van der Waals surface area contributed by atoms with Crippen molar-refractivity contribution in [1.82, 2.24) is 0 Å². The van der Waals surface area contributed by atoms with Gasteiger partial charge in [0.05, 0.1) is 0 Å². The molecule has 0 spiro atoms. The topological polar surface area (TPSA) is 34.1 Å². The van der Waals surface area contributed by atoms with E-state index in [0.717, 1.165) is 11.5 Å². The van der Waals surface area contributed by atoms with E-state index < -0.39 is 8.07 Å². The Morgan fingerprint density at radius 3 is 1.15 bits per heavy atom. The first kappa shape index (κ1) is 37.0. The maximum absolute atomic E-state index is 7.75. The van der Waals surface area contributed by atoms with Gasteiger partial charge >= 0.3 is 21.1 Å². The van der Waals surface area contributed by atoms with Crippen LogP contribution in [0.15, 0.2) is 0 Å². The van der Waals surface area contributed by atoms with E-state index in [1.54, 1.807) is 0 Å². The second-order valence-electron chi connectivity index (χ2n) is 6.08.